The van der Waals surface area contributed by atoms with Gasteiger partial charge in [-0.3, -0.25) is 14.4 Å². The Hall–Kier alpha value is -2.20. The van der Waals surface area contributed by atoms with Gasteiger partial charge in [0, 0.05) is 0 Å². The molecule has 1 heterocycles. The molecular formula is C19H35N5O5. The van der Waals surface area contributed by atoms with Crippen LogP contribution in [-0.4, -0.2) is 66.6 Å². The predicted molar refractivity (Wildman–Crippen MR) is 108 cm³/mol. The lowest BCUT2D eigenvalue weighted by Gasteiger charge is -2.25. The first-order valence-corrected chi connectivity index (χ1v) is 10.3. The second-order valence-corrected chi connectivity index (χ2v) is 7.48. The van der Waals surface area contributed by atoms with Gasteiger partial charge >= 0.3 is 5.97 Å². The van der Waals surface area contributed by atoms with Gasteiger partial charge in [0.05, 0.1) is 12.6 Å². The van der Waals surface area contributed by atoms with Crippen molar-refractivity contribution in [1.29, 1.82) is 0 Å². The van der Waals surface area contributed by atoms with Crippen molar-refractivity contribution in [3.63, 3.8) is 0 Å². The van der Waals surface area contributed by atoms with E-state index >= 15 is 0 Å². The van der Waals surface area contributed by atoms with Crippen LogP contribution in [0.3, 0.4) is 0 Å². The minimum absolute atomic E-state index is 0.204. The van der Waals surface area contributed by atoms with Crippen molar-refractivity contribution in [3.8, 4) is 0 Å². The molecule has 1 aliphatic heterocycles. The van der Waals surface area contributed by atoms with E-state index in [1.54, 1.807) is 6.92 Å². The number of aliphatic carboxylic acids is 1. The van der Waals surface area contributed by atoms with E-state index < -0.39 is 29.9 Å². The summed E-state index contributed by atoms with van der Waals surface area (Å²) in [5, 5.41) is 20.1. The summed E-state index contributed by atoms with van der Waals surface area (Å²) in [5.41, 5.74) is 5.43. The highest BCUT2D eigenvalue weighted by molar-refractivity contribution is 5.92. The number of carboxylic acid groups (broad SMARTS) is 1. The number of carboxylic acids is 1. The molecule has 0 aromatic rings. The molecule has 0 aromatic heterocycles. The summed E-state index contributed by atoms with van der Waals surface area (Å²) in [6, 6.07) is -2.21. The summed E-state index contributed by atoms with van der Waals surface area (Å²) in [6.45, 7) is 4.66. The minimum atomic E-state index is -1.12. The molecule has 0 aromatic carbocycles. The van der Waals surface area contributed by atoms with Gasteiger partial charge in [-0.2, -0.15) is 0 Å². The van der Waals surface area contributed by atoms with Crippen molar-refractivity contribution in [2.75, 3.05) is 19.6 Å². The van der Waals surface area contributed by atoms with E-state index in [0.29, 0.717) is 25.8 Å². The fourth-order valence-electron chi connectivity index (χ4n) is 3.14. The zero-order chi connectivity index (χ0) is 21.8. The molecule has 1 aliphatic rings. The van der Waals surface area contributed by atoms with Crippen LogP contribution >= 0.6 is 0 Å². The van der Waals surface area contributed by atoms with Gasteiger partial charge in [0.25, 0.3) is 0 Å². The van der Waals surface area contributed by atoms with Gasteiger partial charge in [0.2, 0.25) is 17.7 Å². The number of carbonyl (C=O) groups is 4. The van der Waals surface area contributed by atoms with Gasteiger partial charge in [-0.15, -0.1) is 0 Å². The molecule has 0 spiro atoms. The summed E-state index contributed by atoms with van der Waals surface area (Å²) in [7, 11) is 0. The van der Waals surface area contributed by atoms with Crippen molar-refractivity contribution in [1.82, 2.24) is 21.3 Å². The standard InChI is InChI=1S/C19H35N5O5/c1-3-12(2)16(18(27)23-14(19(28)29)7-4-5-9-20)24-15(25)11-22-17(26)13-8-6-10-21-13/h12-14,16,21H,3-11,20H2,1-2H3,(H,22,26)(H,23,27)(H,24,25)(H,28,29). The van der Waals surface area contributed by atoms with Crippen LogP contribution in [0.2, 0.25) is 0 Å². The molecule has 1 saturated heterocycles. The Morgan fingerprint density at radius 2 is 1.93 bits per heavy atom. The monoisotopic (exact) mass is 413 g/mol. The molecule has 4 unspecified atom stereocenters. The molecule has 0 bridgehead atoms. The van der Waals surface area contributed by atoms with Crippen molar-refractivity contribution in [2.24, 2.45) is 11.7 Å². The third-order valence-electron chi connectivity index (χ3n) is 5.17. The van der Waals surface area contributed by atoms with Gasteiger partial charge in [-0.05, 0) is 51.1 Å². The number of hydrogen-bond acceptors (Lipinski definition) is 6. The molecule has 0 saturated carbocycles. The summed E-state index contributed by atoms with van der Waals surface area (Å²) < 4.78 is 0. The lowest BCUT2D eigenvalue weighted by Crippen LogP contribution is -2.55. The Morgan fingerprint density at radius 1 is 1.21 bits per heavy atom. The van der Waals surface area contributed by atoms with Crippen molar-refractivity contribution in [3.05, 3.63) is 0 Å². The largest absolute Gasteiger partial charge is 0.480 e. The zero-order valence-electron chi connectivity index (χ0n) is 17.3. The third-order valence-corrected chi connectivity index (χ3v) is 5.17. The lowest BCUT2D eigenvalue weighted by molar-refractivity contribution is -0.142. The van der Waals surface area contributed by atoms with E-state index in [2.05, 4.69) is 21.3 Å². The predicted octanol–water partition coefficient (Wildman–Crippen LogP) is -0.916. The van der Waals surface area contributed by atoms with Gasteiger partial charge in [-0.25, -0.2) is 4.79 Å². The van der Waals surface area contributed by atoms with Crippen LogP contribution in [0, 0.1) is 5.92 Å². The average molecular weight is 414 g/mol. The second-order valence-electron chi connectivity index (χ2n) is 7.48. The Morgan fingerprint density at radius 3 is 2.48 bits per heavy atom. The summed E-state index contributed by atoms with van der Waals surface area (Å²) in [4.78, 5) is 48.4. The maximum Gasteiger partial charge on any atom is 0.326 e. The first-order chi connectivity index (χ1) is 13.8. The van der Waals surface area contributed by atoms with Gasteiger partial charge in [-0.1, -0.05) is 20.3 Å². The van der Waals surface area contributed by atoms with Crippen LogP contribution in [0.5, 0.6) is 0 Å². The molecule has 4 atom stereocenters. The number of nitrogens with one attached hydrogen (secondary N) is 4. The number of rotatable bonds is 13. The first kappa shape index (κ1) is 24.8. The Balaban J connectivity index is 2.61. The zero-order valence-corrected chi connectivity index (χ0v) is 17.3. The minimum Gasteiger partial charge on any atom is -0.480 e. The van der Waals surface area contributed by atoms with Crippen LogP contribution in [0.4, 0.5) is 0 Å². The van der Waals surface area contributed by atoms with Gasteiger partial charge in [0.1, 0.15) is 12.1 Å². The fraction of sp³-hybridized carbons (Fsp3) is 0.789. The number of hydrogen-bond donors (Lipinski definition) is 6. The van der Waals surface area contributed by atoms with Crippen molar-refractivity contribution < 1.29 is 24.3 Å². The molecule has 0 radical (unpaired) electrons. The summed E-state index contributed by atoms with van der Waals surface area (Å²) in [6.07, 6.45) is 3.77. The summed E-state index contributed by atoms with van der Waals surface area (Å²) >= 11 is 0. The first-order valence-electron chi connectivity index (χ1n) is 10.3. The maximum absolute atomic E-state index is 12.7. The van der Waals surface area contributed by atoms with E-state index in [4.69, 9.17) is 5.73 Å². The van der Waals surface area contributed by atoms with E-state index in [0.717, 1.165) is 19.4 Å². The Kier molecular flexibility index (Phi) is 11.2. The van der Waals surface area contributed by atoms with E-state index in [9.17, 15) is 24.3 Å². The molecule has 29 heavy (non-hydrogen) atoms. The highest BCUT2D eigenvalue weighted by Gasteiger charge is 2.30. The topological polar surface area (TPSA) is 163 Å². The van der Waals surface area contributed by atoms with Gasteiger partial charge < -0.3 is 32.1 Å². The molecule has 0 aliphatic carbocycles. The van der Waals surface area contributed by atoms with Crippen LogP contribution in [0.1, 0.15) is 52.4 Å². The number of nitrogens with two attached hydrogens (primary N) is 1. The molecular weight excluding hydrogens is 378 g/mol. The number of unbranched alkanes of at least 4 members (excludes halogenated alkanes) is 1. The van der Waals surface area contributed by atoms with Crippen LogP contribution < -0.4 is 27.0 Å². The van der Waals surface area contributed by atoms with Gasteiger partial charge in [0.15, 0.2) is 0 Å². The quantitative estimate of drug-likeness (QED) is 0.213. The van der Waals surface area contributed by atoms with Crippen molar-refractivity contribution in [2.45, 2.75) is 70.5 Å². The highest BCUT2D eigenvalue weighted by Crippen LogP contribution is 2.10. The van der Waals surface area contributed by atoms with Crippen LogP contribution in [0.25, 0.3) is 0 Å². The Labute approximate surface area is 171 Å². The fourth-order valence-corrected chi connectivity index (χ4v) is 3.14. The van der Waals surface area contributed by atoms with Crippen LogP contribution in [-0.2, 0) is 19.2 Å². The molecule has 3 amide bonds. The van der Waals surface area contributed by atoms with E-state index in [1.807, 2.05) is 6.92 Å². The molecule has 1 rings (SSSR count). The van der Waals surface area contributed by atoms with Crippen LogP contribution in [0.15, 0.2) is 0 Å². The molecule has 1 fully saturated rings. The van der Waals surface area contributed by atoms with E-state index in [1.165, 1.54) is 0 Å². The highest BCUT2D eigenvalue weighted by atomic mass is 16.4. The van der Waals surface area contributed by atoms with E-state index in [-0.39, 0.29) is 30.8 Å². The number of amides is 3. The molecule has 166 valence electrons. The molecule has 10 heteroatoms. The Bertz CT molecular complexity index is 565. The molecule has 7 N–H and O–H groups in total. The second kappa shape index (κ2) is 13.1. The molecule has 10 nitrogen and oxygen atoms in total. The smallest absolute Gasteiger partial charge is 0.326 e. The van der Waals surface area contributed by atoms with Crippen molar-refractivity contribution >= 4 is 23.7 Å². The SMILES string of the molecule is CCC(C)C(NC(=O)CNC(=O)C1CCCN1)C(=O)NC(CCCCN)C(=O)O. The summed E-state index contributed by atoms with van der Waals surface area (Å²) in [5.74, 6) is -2.61. The average Bonchev–Trinajstić information content (AvgIpc) is 3.23. The maximum atomic E-state index is 12.7. The third kappa shape index (κ3) is 8.78. The lowest BCUT2D eigenvalue weighted by atomic mass is 9.97. The number of carbonyl (C=O) groups excluding carboxylic acids is 3. The normalized spacial score (nSPS) is 19.1.